The molecule has 0 aromatic carbocycles. The van der Waals surface area contributed by atoms with E-state index >= 15 is 0 Å². The number of esters is 2. The van der Waals surface area contributed by atoms with Gasteiger partial charge in [-0.3, -0.25) is 9.59 Å². The molecule has 0 spiro atoms. The van der Waals surface area contributed by atoms with Crippen LogP contribution in [0.5, 0.6) is 0 Å². The van der Waals surface area contributed by atoms with Gasteiger partial charge in [-0.25, -0.2) is 4.79 Å². The molecule has 2 atom stereocenters. The van der Waals surface area contributed by atoms with E-state index in [1.807, 2.05) is 21.1 Å². The Labute approximate surface area is 468 Å². The smallest absolute Gasteiger partial charge is 0.361 e. The van der Waals surface area contributed by atoms with Crippen LogP contribution in [0.25, 0.3) is 0 Å². The monoisotopic (exact) mass is 1060 g/mol. The number of nitrogens with zero attached hydrogens (tertiary/aromatic N) is 1. The summed E-state index contributed by atoms with van der Waals surface area (Å²) in [6, 6.07) is 0. The molecule has 2 unspecified atom stereocenters. The van der Waals surface area contributed by atoms with Crippen molar-refractivity contribution in [3.05, 3.63) is 85.1 Å². The summed E-state index contributed by atoms with van der Waals surface area (Å²) in [6.45, 7) is 4.70. The van der Waals surface area contributed by atoms with Gasteiger partial charge in [-0.05, 0) is 83.5 Å². The summed E-state index contributed by atoms with van der Waals surface area (Å²) in [4.78, 5) is 37.3. The maximum absolute atomic E-state index is 12.8. The van der Waals surface area contributed by atoms with E-state index in [0.29, 0.717) is 17.4 Å². The highest BCUT2D eigenvalue weighted by atomic mass is 16.7. The normalized spacial score (nSPS) is 13.3. The number of carbonyl (C=O) groups is 3. The summed E-state index contributed by atoms with van der Waals surface area (Å²) in [5, 5.41) is 9.68. The van der Waals surface area contributed by atoms with Crippen LogP contribution in [0.4, 0.5) is 0 Å². The van der Waals surface area contributed by atoms with Gasteiger partial charge in [0.1, 0.15) is 13.2 Å². The number of carboxylic acids is 1. The third-order valence-electron chi connectivity index (χ3n) is 13.4. The van der Waals surface area contributed by atoms with E-state index in [0.717, 1.165) is 103 Å². The van der Waals surface area contributed by atoms with E-state index in [1.54, 1.807) is 0 Å². The van der Waals surface area contributed by atoms with Crippen LogP contribution in [0.2, 0.25) is 0 Å². The fourth-order valence-corrected chi connectivity index (χ4v) is 8.61. The minimum Gasteiger partial charge on any atom is -0.477 e. The van der Waals surface area contributed by atoms with E-state index in [4.69, 9.17) is 18.9 Å². The molecule has 0 aliphatic carbocycles. The molecule has 0 saturated carbocycles. The highest BCUT2D eigenvalue weighted by Crippen LogP contribution is 2.17. The molecular weight excluding hydrogens is 947 g/mol. The largest absolute Gasteiger partial charge is 0.477 e. The summed E-state index contributed by atoms with van der Waals surface area (Å²) >= 11 is 0. The van der Waals surface area contributed by atoms with Crippen molar-refractivity contribution in [2.24, 2.45) is 0 Å². The number of quaternary nitrogens is 1. The molecule has 438 valence electrons. The number of hydrogen-bond acceptors (Lipinski definition) is 7. The average molecular weight is 1070 g/mol. The summed E-state index contributed by atoms with van der Waals surface area (Å²) in [5.74, 6) is -2.01. The van der Waals surface area contributed by atoms with Gasteiger partial charge in [-0.2, -0.15) is 0 Å². The van der Waals surface area contributed by atoms with Crippen LogP contribution in [-0.4, -0.2) is 87.4 Å². The second-order valence-electron chi connectivity index (χ2n) is 22.0. The fourth-order valence-electron chi connectivity index (χ4n) is 8.61. The van der Waals surface area contributed by atoms with Crippen LogP contribution < -0.4 is 0 Å². The number of allylic oxidation sites excluding steroid dienone is 14. The maximum Gasteiger partial charge on any atom is 0.361 e. The lowest BCUT2D eigenvalue weighted by molar-refractivity contribution is -0.870. The molecular formula is C67H118NO8+. The molecule has 0 radical (unpaired) electrons. The molecule has 0 rings (SSSR count). The first-order valence-corrected chi connectivity index (χ1v) is 31.3. The molecule has 0 amide bonds. The molecule has 1 N–H and O–H groups in total. The van der Waals surface area contributed by atoms with E-state index in [1.165, 1.54) is 135 Å². The van der Waals surface area contributed by atoms with Gasteiger partial charge in [-0.1, -0.05) is 253 Å². The summed E-state index contributed by atoms with van der Waals surface area (Å²) in [6.07, 6.45) is 74.3. The zero-order valence-electron chi connectivity index (χ0n) is 49.9. The molecule has 0 fully saturated rings. The van der Waals surface area contributed by atoms with Crippen molar-refractivity contribution >= 4 is 17.9 Å². The van der Waals surface area contributed by atoms with Crippen molar-refractivity contribution in [1.82, 2.24) is 0 Å². The van der Waals surface area contributed by atoms with E-state index in [9.17, 15) is 19.5 Å². The number of carboxylic acid groups (broad SMARTS) is 1. The Balaban J connectivity index is 3.90. The number of ether oxygens (including phenoxy) is 4. The van der Waals surface area contributed by atoms with Gasteiger partial charge in [-0.15, -0.1) is 0 Å². The summed E-state index contributed by atoms with van der Waals surface area (Å²) < 4.78 is 22.8. The summed E-state index contributed by atoms with van der Waals surface area (Å²) in [5.41, 5.74) is 0. The van der Waals surface area contributed by atoms with Gasteiger partial charge >= 0.3 is 17.9 Å². The Morgan fingerprint density at radius 2 is 0.750 bits per heavy atom. The van der Waals surface area contributed by atoms with Gasteiger partial charge in [0.2, 0.25) is 0 Å². The second kappa shape index (κ2) is 57.6. The molecule has 0 bridgehead atoms. The van der Waals surface area contributed by atoms with Gasteiger partial charge < -0.3 is 28.5 Å². The zero-order valence-corrected chi connectivity index (χ0v) is 49.9. The van der Waals surface area contributed by atoms with Crippen LogP contribution in [0, 0.1) is 0 Å². The first-order chi connectivity index (χ1) is 37.1. The highest BCUT2D eigenvalue weighted by Gasteiger charge is 2.25. The van der Waals surface area contributed by atoms with Gasteiger partial charge in [0.05, 0.1) is 34.4 Å². The van der Waals surface area contributed by atoms with Crippen molar-refractivity contribution in [2.75, 3.05) is 47.5 Å². The highest BCUT2D eigenvalue weighted by molar-refractivity contribution is 5.71. The predicted octanol–water partition coefficient (Wildman–Crippen LogP) is 18.7. The lowest BCUT2D eigenvalue weighted by Crippen LogP contribution is -2.40. The Morgan fingerprint density at radius 1 is 0.408 bits per heavy atom. The van der Waals surface area contributed by atoms with E-state index < -0.39 is 24.3 Å². The van der Waals surface area contributed by atoms with Gasteiger partial charge in [0.25, 0.3) is 6.29 Å². The van der Waals surface area contributed by atoms with Crippen LogP contribution in [0.1, 0.15) is 264 Å². The van der Waals surface area contributed by atoms with Gasteiger partial charge in [0, 0.05) is 12.8 Å². The standard InChI is InChI=1S/C67H117NO8/c1-6-8-10-12-14-16-18-19-20-21-22-23-24-25-26-27-28-29-30-31-32-33-34-35-36-37-38-39-40-41-42-43-44-45-46-47-48-50-52-54-56-58-65(70)76-63(62-75-67(66(71)72)73-60-59-68(3,4)5)61-74-64(69)57-55-53-51-49-17-15-13-11-9-7-2/h8,10-11,13-14,16,19-20,22-23,25-26,28-29,63,67H,6-7,9,12,15,17-18,21,24,27,30-62H2,1-5H3/p+1/b10-8-,13-11-,16-14-,20-19-,23-22-,26-25-,29-28-. The second-order valence-corrected chi connectivity index (χ2v) is 22.0. The topological polar surface area (TPSA) is 108 Å². The predicted molar refractivity (Wildman–Crippen MR) is 322 cm³/mol. The quantitative estimate of drug-likeness (QED) is 0.0211. The maximum atomic E-state index is 12.8. The fraction of sp³-hybridized carbons (Fsp3) is 0.746. The molecule has 0 aliphatic heterocycles. The molecule has 9 heteroatoms. The van der Waals surface area contributed by atoms with Crippen molar-refractivity contribution < 1.29 is 42.9 Å². The molecule has 9 nitrogen and oxygen atoms in total. The first kappa shape index (κ1) is 72.5. The third-order valence-corrected chi connectivity index (χ3v) is 13.4. The van der Waals surface area contributed by atoms with Gasteiger partial charge in [0.15, 0.2) is 6.10 Å². The van der Waals surface area contributed by atoms with E-state index in [2.05, 4.69) is 98.9 Å². The van der Waals surface area contributed by atoms with Crippen molar-refractivity contribution in [3.8, 4) is 0 Å². The Kier molecular flexibility index (Phi) is 55.0. The zero-order chi connectivity index (χ0) is 55.5. The lowest BCUT2D eigenvalue weighted by atomic mass is 10.0. The molecule has 0 aromatic heterocycles. The van der Waals surface area contributed by atoms with Crippen molar-refractivity contribution in [2.45, 2.75) is 277 Å². The number of likely N-dealkylation sites (N-methyl/N-ethyl adjacent to an activating group) is 1. The Morgan fingerprint density at radius 3 is 1.13 bits per heavy atom. The van der Waals surface area contributed by atoms with Crippen LogP contribution in [0.15, 0.2) is 85.1 Å². The number of carbonyl (C=O) groups excluding carboxylic acids is 2. The van der Waals surface area contributed by atoms with E-state index in [-0.39, 0.29) is 32.2 Å². The molecule has 0 aliphatic rings. The number of hydrogen-bond donors (Lipinski definition) is 1. The summed E-state index contributed by atoms with van der Waals surface area (Å²) in [7, 11) is 5.96. The van der Waals surface area contributed by atoms with Crippen LogP contribution >= 0.6 is 0 Å². The number of rotatable bonds is 57. The molecule has 76 heavy (non-hydrogen) atoms. The molecule has 0 saturated heterocycles. The van der Waals surface area contributed by atoms with Crippen molar-refractivity contribution in [3.63, 3.8) is 0 Å². The van der Waals surface area contributed by atoms with Crippen LogP contribution in [0.3, 0.4) is 0 Å². The first-order valence-electron chi connectivity index (χ1n) is 31.3. The average Bonchev–Trinajstić information content (AvgIpc) is 3.39. The molecule has 0 heterocycles. The Bertz CT molecular complexity index is 1520. The van der Waals surface area contributed by atoms with Crippen LogP contribution in [-0.2, 0) is 33.3 Å². The minimum absolute atomic E-state index is 0.186. The minimum atomic E-state index is -1.51. The third kappa shape index (κ3) is 58.2. The SMILES string of the molecule is CC/C=C\C/C=C\C/C=C\C/C=C\C/C=C\C/C=C\CCCCCCCCCCCCCCCCCCCCCCCCC(=O)OC(COC(=O)CCCCCCC/C=C\CCC)COC(OCC[N+](C)(C)C)C(=O)O. The number of aliphatic carboxylic acids is 1. The van der Waals surface area contributed by atoms with Crippen molar-refractivity contribution in [1.29, 1.82) is 0 Å². The lowest BCUT2D eigenvalue weighted by Gasteiger charge is -2.25. The molecule has 0 aromatic rings. The Hall–Kier alpha value is -3.53. The number of unbranched alkanes of at least 4 members (excludes halogenated alkanes) is 28.